The summed E-state index contributed by atoms with van der Waals surface area (Å²) in [7, 11) is 0. The Kier molecular flexibility index (Phi) is 1.25. The average Bonchev–Trinajstić information content (AvgIpc) is 3.10. The molecule has 0 radical (unpaired) electrons. The smallest absolute Gasteiger partial charge is 0.0355 e. The molecular weight excluding hydrogens is 216 g/mol. The molecule has 2 atom stereocenters. The van der Waals surface area contributed by atoms with Crippen molar-refractivity contribution >= 4 is 12.2 Å². The Balaban J connectivity index is 1.98. The molecule has 0 aliphatic heterocycles. The zero-order valence-electron chi connectivity index (χ0n) is 10.4. The second-order valence-corrected chi connectivity index (χ2v) is 6.00. The fourth-order valence-electron chi connectivity index (χ4n) is 4.47. The molecule has 18 heavy (non-hydrogen) atoms. The van der Waals surface area contributed by atoms with E-state index in [4.69, 9.17) is 0 Å². The molecule has 1 spiro atoms. The lowest BCUT2D eigenvalue weighted by molar-refractivity contribution is 0.627. The molecule has 1 aromatic carbocycles. The molecule has 0 saturated heterocycles. The molecule has 1 fully saturated rings. The maximum Gasteiger partial charge on any atom is 0.0355 e. The third-order valence-corrected chi connectivity index (χ3v) is 5.44. The van der Waals surface area contributed by atoms with Gasteiger partial charge in [-0.3, -0.25) is 0 Å². The zero-order valence-corrected chi connectivity index (χ0v) is 10.4. The van der Waals surface area contributed by atoms with Crippen molar-refractivity contribution in [3.8, 4) is 0 Å². The summed E-state index contributed by atoms with van der Waals surface area (Å²) in [5.41, 5.74) is 8.03. The molecule has 1 saturated carbocycles. The molecule has 0 heterocycles. The first-order chi connectivity index (χ1) is 8.78. The maximum atomic E-state index is 2.46. The molecule has 0 N–H and O–H groups in total. The minimum Gasteiger partial charge on any atom is -0.0724 e. The first-order valence-corrected chi connectivity index (χ1v) is 6.68. The number of hydrogen-bond acceptors (Lipinski definition) is 0. The first kappa shape index (κ1) is 9.16. The zero-order chi connectivity index (χ0) is 12.0. The molecule has 0 bridgehead atoms. The third-order valence-electron chi connectivity index (χ3n) is 5.44. The second kappa shape index (κ2) is 2.47. The Hall–Kier alpha value is -1.82. The highest BCUT2D eigenvalue weighted by atomic mass is 14.7. The van der Waals surface area contributed by atoms with E-state index in [0.717, 1.165) is 0 Å². The van der Waals surface area contributed by atoms with Gasteiger partial charge in [0.1, 0.15) is 0 Å². The Morgan fingerprint density at radius 2 is 1.83 bits per heavy atom. The summed E-state index contributed by atoms with van der Waals surface area (Å²) in [4.78, 5) is 0. The van der Waals surface area contributed by atoms with Crippen LogP contribution >= 0.6 is 0 Å². The van der Waals surface area contributed by atoms with Gasteiger partial charge in [-0.25, -0.2) is 0 Å². The molecule has 5 rings (SSSR count). The number of hydrogen-bond donors (Lipinski definition) is 0. The standard InChI is InChI=1S/C18H14/c1-12-5-7-15-8-6-13-3-2-4-14-9-10-17(12)11-18(15,17)16(13)14/h2-10H,11H2,1H3. The van der Waals surface area contributed by atoms with Crippen molar-refractivity contribution in [1.82, 2.24) is 0 Å². The van der Waals surface area contributed by atoms with Crippen molar-refractivity contribution < 1.29 is 0 Å². The van der Waals surface area contributed by atoms with Crippen LogP contribution in [0.1, 0.15) is 30.0 Å². The monoisotopic (exact) mass is 230 g/mol. The van der Waals surface area contributed by atoms with Gasteiger partial charge in [-0.05, 0) is 35.6 Å². The molecule has 4 aliphatic rings. The summed E-state index contributed by atoms with van der Waals surface area (Å²) in [6.45, 7) is 2.29. The summed E-state index contributed by atoms with van der Waals surface area (Å²) in [6, 6.07) is 6.70. The lowest BCUT2D eigenvalue weighted by Gasteiger charge is -2.36. The van der Waals surface area contributed by atoms with Gasteiger partial charge in [0.15, 0.2) is 0 Å². The van der Waals surface area contributed by atoms with Crippen molar-refractivity contribution in [2.75, 3.05) is 0 Å². The van der Waals surface area contributed by atoms with Crippen LogP contribution < -0.4 is 0 Å². The Morgan fingerprint density at radius 3 is 2.72 bits per heavy atom. The van der Waals surface area contributed by atoms with E-state index in [1.807, 2.05) is 0 Å². The van der Waals surface area contributed by atoms with E-state index < -0.39 is 0 Å². The minimum atomic E-state index is 0.279. The van der Waals surface area contributed by atoms with Crippen molar-refractivity contribution in [2.45, 2.75) is 18.8 Å². The number of benzene rings is 1. The van der Waals surface area contributed by atoms with Gasteiger partial charge in [0.2, 0.25) is 0 Å². The van der Waals surface area contributed by atoms with Gasteiger partial charge >= 0.3 is 0 Å². The van der Waals surface area contributed by atoms with E-state index >= 15 is 0 Å². The molecule has 0 aromatic heterocycles. The van der Waals surface area contributed by atoms with Gasteiger partial charge in [-0.1, -0.05) is 60.2 Å². The van der Waals surface area contributed by atoms with E-state index in [1.54, 1.807) is 5.56 Å². The van der Waals surface area contributed by atoms with E-state index in [2.05, 4.69) is 61.6 Å². The van der Waals surface area contributed by atoms with E-state index in [9.17, 15) is 0 Å². The largest absolute Gasteiger partial charge is 0.0724 e. The summed E-state index contributed by atoms with van der Waals surface area (Å²) >= 11 is 0. The van der Waals surface area contributed by atoms with Gasteiger partial charge in [0.25, 0.3) is 0 Å². The SMILES string of the molecule is CC1=CC=C2C=Cc3cccc4c3C23CC13C=C4. The van der Waals surface area contributed by atoms with Crippen LogP contribution in [0, 0.1) is 5.41 Å². The van der Waals surface area contributed by atoms with Gasteiger partial charge < -0.3 is 0 Å². The van der Waals surface area contributed by atoms with Crippen LogP contribution in [0.3, 0.4) is 0 Å². The maximum absolute atomic E-state index is 2.46. The average molecular weight is 230 g/mol. The predicted octanol–water partition coefficient (Wildman–Crippen LogP) is 4.25. The summed E-state index contributed by atoms with van der Waals surface area (Å²) in [5.74, 6) is 0. The molecular formula is C18H14. The van der Waals surface area contributed by atoms with Gasteiger partial charge in [-0.15, -0.1) is 0 Å². The highest BCUT2D eigenvalue weighted by Gasteiger charge is 2.71. The molecule has 4 aliphatic carbocycles. The fraction of sp³-hybridized carbons (Fsp3) is 0.222. The Morgan fingerprint density at radius 1 is 1.00 bits per heavy atom. The first-order valence-electron chi connectivity index (χ1n) is 6.68. The molecule has 1 aromatic rings. The van der Waals surface area contributed by atoms with Gasteiger partial charge in [0, 0.05) is 10.8 Å². The van der Waals surface area contributed by atoms with E-state index in [0.29, 0.717) is 5.41 Å². The quantitative estimate of drug-likeness (QED) is 0.625. The topological polar surface area (TPSA) is 0 Å². The summed E-state index contributed by atoms with van der Waals surface area (Å²) in [6.07, 6.45) is 15.3. The highest BCUT2D eigenvalue weighted by molar-refractivity contribution is 5.83. The van der Waals surface area contributed by atoms with Crippen LogP contribution in [0.5, 0.6) is 0 Å². The van der Waals surface area contributed by atoms with Crippen molar-refractivity contribution in [3.63, 3.8) is 0 Å². The van der Waals surface area contributed by atoms with Crippen LogP contribution in [0.25, 0.3) is 12.2 Å². The fourth-order valence-corrected chi connectivity index (χ4v) is 4.47. The summed E-state index contributed by atoms with van der Waals surface area (Å²) < 4.78 is 0. The van der Waals surface area contributed by atoms with Crippen molar-refractivity contribution in [3.05, 3.63) is 70.3 Å². The van der Waals surface area contributed by atoms with Crippen LogP contribution in [0.2, 0.25) is 0 Å². The molecule has 0 amide bonds. The van der Waals surface area contributed by atoms with Crippen molar-refractivity contribution in [2.24, 2.45) is 5.41 Å². The highest BCUT2D eigenvalue weighted by Crippen LogP contribution is 2.77. The molecule has 0 heteroatoms. The van der Waals surface area contributed by atoms with E-state index in [1.165, 1.54) is 28.7 Å². The lowest BCUT2D eigenvalue weighted by Crippen LogP contribution is -2.28. The summed E-state index contributed by atoms with van der Waals surface area (Å²) in [5, 5.41) is 0. The number of rotatable bonds is 0. The van der Waals surface area contributed by atoms with Crippen molar-refractivity contribution in [1.29, 1.82) is 0 Å². The van der Waals surface area contributed by atoms with Gasteiger partial charge in [0.05, 0.1) is 0 Å². The number of allylic oxidation sites excluding steroid dienone is 6. The second-order valence-electron chi connectivity index (χ2n) is 6.00. The van der Waals surface area contributed by atoms with Gasteiger partial charge in [-0.2, -0.15) is 0 Å². The normalized spacial score (nSPS) is 36.5. The predicted molar refractivity (Wildman–Crippen MR) is 75.1 cm³/mol. The van der Waals surface area contributed by atoms with Crippen LogP contribution in [0.4, 0.5) is 0 Å². The van der Waals surface area contributed by atoms with E-state index in [-0.39, 0.29) is 5.41 Å². The van der Waals surface area contributed by atoms with Crippen LogP contribution in [0.15, 0.2) is 53.6 Å². The molecule has 86 valence electrons. The third kappa shape index (κ3) is 0.703. The molecule has 2 unspecified atom stereocenters. The lowest BCUT2D eigenvalue weighted by atomic mass is 9.66. The Bertz CT molecular complexity index is 726. The van der Waals surface area contributed by atoms with Crippen LogP contribution in [-0.4, -0.2) is 0 Å². The Labute approximate surface area is 107 Å². The van der Waals surface area contributed by atoms with Crippen LogP contribution in [-0.2, 0) is 5.41 Å². The molecule has 0 nitrogen and oxygen atoms in total. The minimum absolute atomic E-state index is 0.279.